The summed E-state index contributed by atoms with van der Waals surface area (Å²) in [7, 11) is 3.34. The zero-order chi connectivity index (χ0) is 20.8. The van der Waals surface area contributed by atoms with Gasteiger partial charge in [-0.2, -0.15) is 5.10 Å². The first-order valence-corrected chi connectivity index (χ1v) is 10.4. The Hall–Kier alpha value is -2.83. The van der Waals surface area contributed by atoms with Crippen LogP contribution >= 0.6 is 11.6 Å². The van der Waals surface area contributed by atoms with Gasteiger partial charge in [0, 0.05) is 35.5 Å². The number of rotatable bonds is 3. The number of hydrogen-bond donors (Lipinski definition) is 0. The molecule has 2 unspecified atom stereocenters. The topological polar surface area (TPSA) is 56.6 Å². The Balaban J connectivity index is 1.70. The third-order valence-corrected chi connectivity index (χ3v) is 6.21. The minimum Gasteiger partial charge on any atom is -0.497 e. The van der Waals surface area contributed by atoms with E-state index in [1.54, 1.807) is 14.2 Å². The second-order valence-electron chi connectivity index (χ2n) is 7.75. The number of aryl methyl sites for hydroxylation is 1. The number of carbonyl (C=O) groups excluding carboxylic acids is 1. The summed E-state index contributed by atoms with van der Waals surface area (Å²) >= 11 is 6.15. The summed E-state index contributed by atoms with van der Waals surface area (Å²) < 4.78 is 7.27. The van der Waals surface area contributed by atoms with Crippen LogP contribution in [0.25, 0.3) is 16.9 Å². The van der Waals surface area contributed by atoms with Gasteiger partial charge < -0.3 is 4.74 Å². The summed E-state index contributed by atoms with van der Waals surface area (Å²) in [5, 5.41) is 7.02. The van der Waals surface area contributed by atoms with E-state index in [0.717, 1.165) is 46.8 Å². The first-order chi connectivity index (χ1) is 14.5. The second-order valence-corrected chi connectivity index (χ2v) is 8.18. The van der Waals surface area contributed by atoms with Crippen LogP contribution in [0.2, 0.25) is 5.02 Å². The van der Waals surface area contributed by atoms with Gasteiger partial charge in [-0.05, 0) is 49.2 Å². The van der Waals surface area contributed by atoms with Crippen LogP contribution in [0.4, 0.5) is 0 Å². The Morgan fingerprint density at radius 2 is 1.87 bits per heavy atom. The monoisotopic (exact) mass is 423 g/mol. The van der Waals surface area contributed by atoms with E-state index >= 15 is 0 Å². The first kappa shape index (κ1) is 19.2. The van der Waals surface area contributed by atoms with E-state index in [0.29, 0.717) is 11.4 Å². The van der Waals surface area contributed by atoms with E-state index in [4.69, 9.17) is 26.3 Å². The molecule has 0 N–H and O–H groups in total. The number of hydroxylamine groups is 2. The number of halogens is 1. The molecule has 2 heterocycles. The summed E-state index contributed by atoms with van der Waals surface area (Å²) in [5.74, 6) is 0.968. The normalized spacial score (nSPS) is 20.6. The van der Waals surface area contributed by atoms with Crippen molar-refractivity contribution in [3.8, 4) is 22.7 Å². The lowest BCUT2D eigenvalue weighted by Crippen LogP contribution is -2.40. The van der Waals surface area contributed by atoms with Gasteiger partial charge in [0.2, 0.25) is 5.91 Å². The largest absolute Gasteiger partial charge is 0.497 e. The summed E-state index contributed by atoms with van der Waals surface area (Å²) in [6, 6.07) is 15.6. The molecule has 1 saturated heterocycles. The zero-order valence-electron chi connectivity index (χ0n) is 16.8. The maximum atomic E-state index is 12.2. The SMILES string of the molecule is COc1ccc(-n2nc3c(c2-c2ccc(Cl)cc2)C2ON(C)C(=O)CC2CC3)cc1. The predicted octanol–water partition coefficient (Wildman–Crippen LogP) is 4.60. The molecule has 0 spiro atoms. The van der Waals surface area contributed by atoms with Gasteiger partial charge in [0.15, 0.2) is 0 Å². The number of nitrogens with zero attached hydrogens (tertiary/aromatic N) is 3. The van der Waals surface area contributed by atoms with Gasteiger partial charge in [0.05, 0.1) is 24.2 Å². The molecule has 1 aliphatic carbocycles. The van der Waals surface area contributed by atoms with Crippen LogP contribution in [-0.4, -0.2) is 34.9 Å². The molecule has 2 atom stereocenters. The predicted molar refractivity (Wildman–Crippen MR) is 114 cm³/mol. The van der Waals surface area contributed by atoms with Crippen LogP contribution in [0.1, 0.15) is 30.2 Å². The van der Waals surface area contributed by atoms with Crippen molar-refractivity contribution in [2.45, 2.75) is 25.4 Å². The van der Waals surface area contributed by atoms with Crippen molar-refractivity contribution in [2.24, 2.45) is 5.92 Å². The minimum atomic E-state index is -0.200. The van der Waals surface area contributed by atoms with Crippen molar-refractivity contribution >= 4 is 17.5 Å². The number of amides is 1. The molecule has 30 heavy (non-hydrogen) atoms. The van der Waals surface area contributed by atoms with Gasteiger partial charge in [0.1, 0.15) is 11.9 Å². The number of aromatic nitrogens is 2. The van der Waals surface area contributed by atoms with Crippen molar-refractivity contribution in [1.82, 2.24) is 14.8 Å². The van der Waals surface area contributed by atoms with Crippen molar-refractivity contribution in [2.75, 3.05) is 14.2 Å². The fourth-order valence-corrected chi connectivity index (χ4v) is 4.52. The minimum absolute atomic E-state index is 0.0234. The van der Waals surface area contributed by atoms with E-state index in [9.17, 15) is 4.79 Å². The number of carbonyl (C=O) groups is 1. The molecule has 2 aromatic carbocycles. The maximum absolute atomic E-state index is 12.2. The van der Waals surface area contributed by atoms with Crippen molar-refractivity contribution in [3.63, 3.8) is 0 Å². The maximum Gasteiger partial charge on any atom is 0.246 e. The third kappa shape index (κ3) is 3.16. The molecule has 7 heteroatoms. The highest BCUT2D eigenvalue weighted by molar-refractivity contribution is 6.30. The highest BCUT2D eigenvalue weighted by Gasteiger charge is 2.42. The fraction of sp³-hybridized carbons (Fsp3) is 0.304. The third-order valence-electron chi connectivity index (χ3n) is 5.96. The Kier molecular flexibility index (Phi) is 4.76. The smallest absolute Gasteiger partial charge is 0.246 e. The Labute approximate surface area is 179 Å². The van der Waals surface area contributed by atoms with Gasteiger partial charge in [-0.3, -0.25) is 9.63 Å². The lowest BCUT2D eigenvalue weighted by Gasteiger charge is -2.38. The van der Waals surface area contributed by atoms with E-state index in [-0.39, 0.29) is 17.9 Å². The summed E-state index contributed by atoms with van der Waals surface area (Å²) in [5.41, 5.74) is 4.99. The molecule has 1 fully saturated rings. The van der Waals surface area contributed by atoms with Crippen LogP contribution in [-0.2, 0) is 16.1 Å². The van der Waals surface area contributed by atoms with Crippen molar-refractivity contribution < 1.29 is 14.4 Å². The van der Waals surface area contributed by atoms with Crippen LogP contribution in [0, 0.1) is 5.92 Å². The molecule has 5 rings (SSSR count). The Bertz CT molecular complexity index is 1090. The van der Waals surface area contributed by atoms with Crippen LogP contribution in [0.15, 0.2) is 48.5 Å². The average Bonchev–Trinajstić information content (AvgIpc) is 3.15. The molecule has 0 radical (unpaired) electrons. The average molecular weight is 424 g/mol. The van der Waals surface area contributed by atoms with Crippen LogP contribution < -0.4 is 4.74 Å². The lowest BCUT2D eigenvalue weighted by molar-refractivity contribution is -0.229. The molecule has 6 nitrogen and oxygen atoms in total. The van der Waals surface area contributed by atoms with Gasteiger partial charge >= 0.3 is 0 Å². The second kappa shape index (κ2) is 7.45. The van der Waals surface area contributed by atoms with E-state index in [1.807, 2.05) is 53.2 Å². The van der Waals surface area contributed by atoms with E-state index in [2.05, 4.69) is 0 Å². The Morgan fingerprint density at radius 3 is 2.57 bits per heavy atom. The molecule has 3 aromatic rings. The molecule has 0 saturated carbocycles. The first-order valence-electron chi connectivity index (χ1n) is 10.0. The van der Waals surface area contributed by atoms with Gasteiger partial charge in [-0.1, -0.05) is 23.7 Å². The summed E-state index contributed by atoms with van der Waals surface area (Å²) in [6.07, 6.45) is 2.00. The van der Waals surface area contributed by atoms with Gasteiger partial charge in [-0.25, -0.2) is 9.75 Å². The number of methoxy groups -OCH3 is 1. The molecular weight excluding hydrogens is 402 g/mol. The number of fused-ring (bicyclic) bond motifs is 3. The van der Waals surface area contributed by atoms with Gasteiger partial charge in [0.25, 0.3) is 0 Å². The fourth-order valence-electron chi connectivity index (χ4n) is 4.39. The quantitative estimate of drug-likeness (QED) is 0.617. The zero-order valence-corrected chi connectivity index (χ0v) is 17.6. The van der Waals surface area contributed by atoms with E-state index in [1.165, 1.54) is 5.06 Å². The van der Waals surface area contributed by atoms with Gasteiger partial charge in [-0.15, -0.1) is 0 Å². The summed E-state index contributed by atoms with van der Waals surface area (Å²) in [4.78, 5) is 18.3. The molecule has 2 aliphatic rings. The molecule has 1 amide bonds. The van der Waals surface area contributed by atoms with Crippen molar-refractivity contribution in [3.05, 3.63) is 64.8 Å². The highest BCUT2D eigenvalue weighted by Crippen LogP contribution is 2.46. The summed E-state index contributed by atoms with van der Waals surface area (Å²) in [6.45, 7) is 0. The lowest BCUT2D eigenvalue weighted by atomic mass is 9.80. The molecule has 1 aromatic heterocycles. The molecular formula is C23H22ClN3O3. The number of ether oxygens (including phenoxy) is 1. The molecule has 1 aliphatic heterocycles. The van der Waals surface area contributed by atoms with Crippen LogP contribution in [0.3, 0.4) is 0 Å². The number of benzene rings is 2. The highest BCUT2D eigenvalue weighted by atomic mass is 35.5. The van der Waals surface area contributed by atoms with Crippen molar-refractivity contribution in [1.29, 1.82) is 0 Å². The standard InChI is InChI=1S/C23H22ClN3O3/c1-26-20(28)13-15-5-12-19-21(23(15)30-26)22(14-3-6-16(24)7-4-14)27(25-19)17-8-10-18(29-2)11-9-17/h3-4,6-11,15,23H,5,12-13H2,1-2H3. The number of hydrogen-bond acceptors (Lipinski definition) is 4. The van der Waals surface area contributed by atoms with Crippen LogP contribution in [0.5, 0.6) is 5.75 Å². The molecule has 0 bridgehead atoms. The Morgan fingerprint density at radius 1 is 1.13 bits per heavy atom. The molecule has 154 valence electrons. The van der Waals surface area contributed by atoms with E-state index < -0.39 is 0 Å².